The van der Waals surface area contributed by atoms with E-state index in [1.807, 2.05) is 6.92 Å². The third kappa shape index (κ3) is 4.20. The van der Waals surface area contributed by atoms with E-state index in [9.17, 15) is 13.2 Å². The maximum absolute atomic E-state index is 12.5. The normalized spacial score (nSPS) is 13.0. The fourth-order valence-corrected chi connectivity index (χ4v) is 4.05. The zero-order chi connectivity index (χ0) is 18.6. The van der Waals surface area contributed by atoms with Gasteiger partial charge in [-0.05, 0) is 24.6 Å². The Bertz CT molecular complexity index is 877. The standard InChI is InChI=1S/C16H21ClN4O3S/c1-4-21(5-2)25(23,24)13-8-6-12(7-9-13)11(3)19-14-10-18-20-16(22)15(14)17/h6-11H,4-5H2,1-3H3,(H2,19,20,22). The van der Waals surface area contributed by atoms with Gasteiger partial charge in [0.1, 0.15) is 5.02 Å². The van der Waals surface area contributed by atoms with Crippen molar-refractivity contribution in [2.45, 2.75) is 31.7 Å². The summed E-state index contributed by atoms with van der Waals surface area (Å²) in [7, 11) is -3.48. The van der Waals surface area contributed by atoms with Crippen LogP contribution in [0.15, 0.2) is 40.2 Å². The zero-order valence-corrected chi connectivity index (χ0v) is 15.9. The lowest BCUT2D eigenvalue weighted by Gasteiger charge is -2.20. The Morgan fingerprint density at radius 1 is 1.24 bits per heavy atom. The van der Waals surface area contributed by atoms with Crippen LogP contribution in [0.3, 0.4) is 0 Å². The summed E-state index contributed by atoms with van der Waals surface area (Å²) < 4.78 is 26.4. The highest BCUT2D eigenvalue weighted by molar-refractivity contribution is 7.89. The number of hydrogen-bond donors (Lipinski definition) is 2. The number of H-pyrrole nitrogens is 1. The van der Waals surface area contributed by atoms with Crippen LogP contribution in [0.4, 0.5) is 5.69 Å². The highest BCUT2D eigenvalue weighted by Gasteiger charge is 2.21. The minimum Gasteiger partial charge on any atom is -0.376 e. The van der Waals surface area contributed by atoms with Crippen LogP contribution >= 0.6 is 11.6 Å². The van der Waals surface area contributed by atoms with Crippen LogP contribution in [0.25, 0.3) is 0 Å². The van der Waals surface area contributed by atoms with E-state index in [4.69, 9.17) is 11.6 Å². The van der Waals surface area contributed by atoms with Gasteiger partial charge in [0.15, 0.2) is 0 Å². The number of sulfonamides is 1. The van der Waals surface area contributed by atoms with Crippen LogP contribution in [0.2, 0.25) is 5.02 Å². The van der Waals surface area contributed by atoms with Crippen molar-refractivity contribution in [2.24, 2.45) is 0 Å². The summed E-state index contributed by atoms with van der Waals surface area (Å²) in [6.45, 7) is 6.34. The Morgan fingerprint density at radius 2 is 1.84 bits per heavy atom. The van der Waals surface area contributed by atoms with E-state index in [1.165, 1.54) is 10.5 Å². The van der Waals surface area contributed by atoms with E-state index in [0.29, 0.717) is 18.8 Å². The highest BCUT2D eigenvalue weighted by atomic mass is 35.5. The van der Waals surface area contributed by atoms with Gasteiger partial charge < -0.3 is 5.32 Å². The Balaban J connectivity index is 2.22. The Labute approximate surface area is 152 Å². The molecule has 0 aliphatic rings. The molecule has 0 aliphatic heterocycles. The van der Waals surface area contributed by atoms with Gasteiger partial charge in [-0.3, -0.25) is 4.79 Å². The topological polar surface area (TPSA) is 95.2 Å². The number of halogens is 1. The third-order valence-corrected chi connectivity index (χ3v) is 6.33. The minimum absolute atomic E-state index is 0.0302. The summed E-state index contributed by atoms with van der Waals surface area (Å²) in [5.41, 5.74) is 0.798. The van der Waals surface area contributed by atoms with Crippen LogP contribution in [0, 0.1) is 0 Å². The molecule has 0 saturated carbocycles. The molecule has 0 fully saturated rings. The molecule has 0 radical (unpaired) electrons. The molecule has 25 heavy (non-hydrogen) atoms. The van der Waals surface area contributed by atoms with E-state index in [-0.39, 0.29) is 16.0 Å². The highest BCUT2D eigenvalue weighted by Crippen LogP contribution is 2.24. The molecule has 1 aromatic heterocycles. The lowest BCUT2D eigenvalue weighted by Crippen LogP contribution is -2.30. The first-order chi connectivity index (χ1) is 11.8. The number of rotatable bonds is 7. The van der Waals surface area contributed by atoms with Crippen LogP contribution in [0.5, 0.6) is 0 Å². The number of nitrogens with zero attached hydrogens (tertiary/aromatic N) is 2. The van der Waals surface area contributed by atoms with E-state index in [2.05, 4.69) is 15.5 Å². The van der Waals surface area contributed by atoms with Crippen molar-refractivity contribution in [3.05, 3.63) is 51.4 Å². The molecule has 9 heteroatoms. The molecule has 1 unspecified atom stereocenters. The summed E-state index contributed by atoms with van der Waals surface area (Å²) in [5, 5.41) is 9.08. The number of benzene rings is 1. The van der Waals surface area contributed by atoms with Gasteiger partial charge in [0.05, 0.1) is 16.8 Å². The Morgan fingerprint density at radius 3 is 2.40 bits per heavy atom. The fourth-order valence-electron chi connectivity index (χ4n) is 2.44. The van der Waals surface area contributed by atoms with Crippen molar-refractivity contribution >= 4 is 27.3 Å². The predicted molar refractivity (Wildman–Crippen MR) is 98.5 cm³/mol. The first-order valence-electron chi connectivity index (χ1n) is 7.91. The molecule has 2 N–H and O–H groups in total. The van der Waals surface area contributed by atoms with Crippen LogP contribution in [-0.4, -0.2) is 36.0 Å². The van der Waals surface area contributed by atoms with Crippen LogP contribution < -0.4 is 10.9 Å². The smallest absolute Gasteiger partial charge is 0.285 e. The monoisotopic (exact) mass is 384 g/mol. The number of aromatic amines is 1. The van der Waals surface area contributed by atoms with Gasteiger partial charge in [0, 0.05) is 19.1 Å². The van der Waals surface area contributed by atoms with Gasteiger partial charge in [0.25, 0.3) is 5.56 Å². The summed E-state index contributed by atoms with van der Waals surface area (Å²) in [6.07, 6.45) is 1.43. The Hall–Kier alpha value is -1.90. The van der Waals surface area contributed by atoms with E-state index in [0.717, 1.165) is 5.56 Å². The molecule has 1 heterocycles. The van der Waals surface area contributed by atoms with Gasteiger partial charge in [-0.2, -0.15) is 9.40 Å². The quantitative estimate of drug-likeness (QED) is 0.765. The molecule has 136 valence electrons. The second kappa shape index (κ2) is 7.99. The van der Waals surface area contributed by atoms with Gasteiger partial charge in [0.2, 0.25) is 10.0 Å². The van der Waals surface area contributed by atoms with Gasteiger partial charge >= 0.3 is 0 Å². The van der Waals surface area contributed by atoms with Crippen LogP contribution in [0.1, 0.15) is 32.4 Å². The molecule has 0 bridgehead atoms. The molecule has 1 atom stereocenters. The average molecular weight is 385 g/mol. The van der Waals surface area contributed by atoms with Crippen molar-refractivity contribution in [1.29, 1.82) is 0 Å². The molecule has 7 nitrogen and oxygen atoms in total. The molecule has 2 aromatic rings. The summed E-state index contributed by atoms with van der Waals surface area (Å²) in [4.78, 5) is 11.7. The second-order valence-corrected chi connectivity index (χ2v) is 7.77. The molecule has 1 aromatic carbocycles. The first-order valence-corrected chi connectivity index (χ1v) is 9.72. The van der Waals surface area contributed by atoms with Crippen molar-refractivity contribution in [3.63, 3.8) is 0 Å². The molecular formula is C16H21ClN4O3S. The second-order valence-electron chi connectivity index (χ2n) is 5.45. The maximum Gasteiger partial charge on any atom is 0.285 e. The SMILES string of the molecule is CCN(CC)S(=O)(=O)c1ccc(C(C)Nc2cn[nH]c(=O)c2Cl)cc1. The third-order valence-electron chi connectivity index (χ3n) is 3.89. The lowest BCUT2D eigenvalue weighted by atomic mass is 10.1. The number of anilines is 1. The molecule has 0 saturated heterocycles. The number of hydrogen-bond acceptors (Lipinski definition) is 5. The minimum atomic E-state index is -3.48. The fraction of sp³-hybridized carbons (Fsp3) is 0.375. The van der Waals surface area contributed by atoms with Gasteiger partial charge in [-0.25, -0.2) is 13.5 Å². The van der Waals surface area contributed by atoms with Crippen molar-refractivity contribution in [3.8, 4) is 0 Å². The number of nitrogens with one attached hydrogen (secondary N) is 2. The largest absolute Gasteiger partial charge is 0.376 e. The van der Waals surface area contributed by atoms with Crippen molar-refractivity contribution < 1.29 is 8.42 Å². The van der Waals surface area contributed by atoms with Crippen molar-refractivity contribution in [1.82, 2.24) is 14.5 Å². The Kier molecular flexibility index (Phi) is 6.21. The van der Waals surface area contributed by atoms with Gasteiger partial charge in [-0.15, -0.1) is 0 Å². The summed E-state index contributed by atoms with van der Waals surface area (Å²) >= 11 is 5.95. The average Bonchev–Trinajstić information content (AvgIpc) is 2.60. The molecule has 0 spiro atoms. The van der Waals surface area contributed by atoms with Gasteiger partial charge in [-0.1, -0.05) is 37.6 Å². The lowest BCUT2D eigenvalue weighted by molar-refractivity contribution is 0.445. The van der Waals surface area contributed by atoms with Crippen LogP contribution in [-0.2, 0) is 10.0 Å². The first kappa shape index (κ1) is 19.4. The van der Waals surface area contributed by atoms with Crippen molar-refractivity contribution in [2.75, 3.05) is 18.4 Å². The predicted octanol–water partition coefficient (Wildman–Crippen LogP) is 2.63. The van der Waals surface area contributed by atoms with E-state index >= 15 is 0 Å². The number of aromatic nitrogens is 2. The summed E-state index contributed by atoms with van der Waals surface area (Å²) in [5.74, 6) is 0. The maximum atomic E-state index is 12.5. The zero-order valence-electron chi connectivity index (χ0n) is 14.3. The molecule has 0 aliphatic carbocycles. The van der Waals surface area contributed by atoms with E-state index < -0.39 is 15.6 Å². The van der Waals surface area contributed by atoms with E-state index in [1.54, 1.807) is 38.1 Å². The molecule has 2 rings (SSSR count). The summed E-state index contributed by atoms with van der Waals surface area (Å²) in [6, 6.07) is 6.45. The molecule has 0 amide bonds. The molecular weight excluding hydrogens is 364 g/mol.